The number of imidazole rings is 1. The van der Waals surface area contributed by atoms with Crippen LogP contribution in [0, 0.1) is 0 Å². The second-order valence-electron chi connectivity index (χ2n) is 5.53. The van der Waals surface area contributed by atoms with Gasteiger partial charge in [0.15, 0.2) is 5.65 Å². The fourth-order valence-electron chi connectivity index (χ4n) is 2.96. The molecule has 0 saturated carbocycles. The van der Waals surface area contributed by atoms with Gasteiger partial charge in [0.2, 0.25) is 5.91 Å². The lowest BCUT2D eigenvalue weighted by Crippen LogP contribution is -2.47. The summed E-state index contributed by atoms with van der Waals surface area (Å²) >= 11 is 0. The molecule has 0 aromatic carbocycles. The first-order chi connectivity index (χ1) is 10.3. The highest BCUT2D eigenvalue weighted by atomic mass is 16.2. The molecule has 6 nitrogen and oxygen atoms in total. The number of carbonyl (C=O) groups excluding carboxylic acids is 1. The molecule has 0 unspecified atom stereocenters. The molecule has 2 aromatic heterocycles. The molecule has 1 aliphatic heterocycles. The molecule has 112 valence electrons. The van der Waals surface area contributed by atoms with E-state index in [1.165, 1.54) is 6.42 Å². The third kappa shape index (κ3) is 3.05. The number of pyridine rings is 1. The SMILES string of the molecule is NC[C@@H]1CCCCN1C(=O)CCc1nc2ncccc2[nH]1. The second kappa shape index (κ2) is 6.22. The number of likely N-dealkylation sites (tertiary alicyclic amines) is 1. The summed E-state index contributed by atoms with van der Waals surface area (Å²) in [5.41, 5.74) is 7.39. The Morgan fingerprint density at radius 3 is 3.19 bits per heavy atom. The zero-order valence-corrected chi connectivity index (χ0v) is 12.1. The number of aromatic nitrogens is 3. The van der Waals surface area contributed by atoms with E-state index >= 15 is 0 Å². The Hall–Kier alpha value is -1.95. The van der Waals surface area contributed by atoms with Crippen LogP contribution in [-0.4, -0.2) is 44.9 Å². The van der Waals surface area contributed by atoms with Crippen molar-refractivity contribution < 1.29 is 4.79 Å². The van der Waals surface area contributed by atoms with E-state index < -0.39 is 0 Å². The smallest absolute Gasteiger partial charge is 0.223 e. The van der Waals surface area contributed by atoms with Gasteiger partial charge < -0.3 is 15.6 Å². The van der Waals surface area contributed by atoms with Crippen LogP contribution in [-0.2, 0) is 11.2 Å². The lowest BCUT2D eigenvalue weighted by molar-refractivity contribution is -0.134. The number of rotatable bonds is 4. The molecular formula is C15H21N5O. The van der Waals surface area contributed by atoms with Gasteiger partial charge in [0, 0.05) is 38.2 Å². The Bertz CT molecular complexity index is 590. The van der Waals surface area contributed by atoms with Gasteiger partial charge in [0.05, 0.1) is 5.52 Å². The highest BCUT2D eigenvalue weighted by Crippen LogP contribution is 2.18. The number of fused-ring (bicyclic) bond motifs is 1. The van der Waals surface area contributed by atoms with Crippen molar-refractivity contribution in [2.45, 2.75) is 38.1 Å². The van der Waals surface area contributed by atoms with Crippen LogP contribution in [0.15, 0.2) is 18.3 Å². The molecule has 21 heavy (non-hydrogen) atoms. The molecule has 3 heterocycles. The van der Waals surface area contributed by atoms with Crippen LogP contribution in [0.4, 0.5) is 0 Å². The van der Waals surface area contributed by atoms with Crippen LogP contribution in [0.3, 0.4) is 0 Å². The van der Waals surface area contributed by atoms with E-state index in [9.17, 15) is 4.79 Å². The molecular weight excluding hydrogens is 266 g/mol. The Balaban J connectivity index is 1.62. The van der Waals surface area contributed by atoms with Crippen molar-refractivity contribution in [3.05, 3.63) is 24.2 Å². The van der Waals surface area contributed by atoms with E-state index in [0.717, 1.165) is 30.7 Å². The zero-order valence-electron chi connectivity index (χ0n) is 12.1. The van der Waals surface area contributed by atoms with Gasteiger partial charge in [-0.05, 0) is 31.4 Å². The van der Waals surface area contributed by atoms with Crippen LogP contribution in [0.5, 0.6) is 0 Å². The summed E-state index contributed by atoms with van der Waals surface area (Å²) in [4.78, 5) is 26.1. The predicted molar refractivity (Wildman–Crippen MR) is 80.6 cm³/mol. The maximum atomic E-state index is 12.4. The maximum absolute atomic E-state index is 12.4. The fourth-order valence-corrected chi connectivity index (χ4v) is 2.96. The normalized spacial score (nSPS) is 19.1. The molecule has 1 fully saturated rings. The second-order valence-corrected chi connectivity index (χ2v) is 5.53. The number of nitrogens with two attached hydrogens (primary N) is 1. The standard InChI is InChI=1S/C15H21N5O/c16-10-11-4-1-2-9-20(11)14(21)7-6-13-18-12-5-3-8-17-15(12)19-13/h3,5,8,11H,1-2,4,6-7,9-10,16H2,(H,17,18,19)/t11-/m0/s1. The van der Waals surface area contributed by atoms with E-state index in [0.29, 0.717) is 25.0 Å². The summed E-state index contributed by atoms with van der Waals surface area (Å²) in [6, 6.07) is 4.02. The van der Waals surface area contributed by atoms with E-state index in [1.54, 1.807) is 6.20 Å². The number of hydrogen-bond acceptors (Lipinski definition) is 4. The van der Waals surface area contributed by atoms with Gasteiger partial charge in [-0.15, -0.1) is 0 Å². The van der Waals surface area contributed by atoms with Crippen LogP contribution in [0.2, 0.25) is 0 Å². The topological polar surface area (TPSA) is 87.9 Å². The van der Waals surface area contributed by atoms with Crippen LogP contribution < -0.4 is 5.73 Å². The number of amides is 1. The highest BCUT2D eigenvalue weighted by molar-refractivity contribution is 5.77. The molecule has 0 aliphatic carbocycles. The van der Waals surface area contributed by atoms with Crippen molar-refractivity contribution in [1.82, 2.24) is 19.9 Å². The van der Waals surface area contributed by atoms with E-state index in [-0.39, 0.29) is 11.9 Å². The molecule has 1 aliphatic rings. The summed E-state index contributed by atoms with van der Waals surface area (Å²) in [7, 11) is 0. The summed E-state index contributed by atoms with van der Waals surface area (Å²) in [5.74, 6) is 0.997. The number of nitrogens with one attached hydrogen (secondary N) is 1. The number of aromatic amines is 1. The molecule has 1 amide bonds. The minimum absolute atomic E-state index is 0.179. The molecule has 0 spiro atoms. The monoisotopic (exact) mass is 287 g/mol. The van der Waals surface area contributed by atoms with Crippen LogP contribution in [0.1, 0.15) is 31.5 Å². The molecule has 1 atom stereocenters. The van der Waals surface area contributed by atoms with Crippen molar-refractivity contribution in [3.8, 4) is 0 Å². The van der Waals surface area contributed by atoms with Crippen molar-refractivity contribution >= 4 is 17.1 Å². The molecule has 6 heteroatoms. The molecule has 1 saturated heterocycles. The molecule has 2 aromatic rings. The average Bonchev–Trinajstić information content (AvgIpc) is 2.95. The predicted octanol–water partition coefficient (Wildman–Crippen LogP) is 1.23. The van der Waals surface area contributed by atoms with Gasteiger partial charge in [0.1, 0.15) is 5.82 Å². The van der Waals surface area contributed by atoms with Crippen LogP contribution in [0.25, 0.3) is 11.2 Å². The first kappa shape index (κ1) is 14.0. The Kier molecular flexibility index (Phi) is 4.15. The van der Waals surface area contributed by atoms with Gasteiger partial charge >= 0.3 is 0 Å². The minimum Gasteiger partial charge on any atom is -0.341 e. The zero-order chi connectivity index (χ0) is 14.7. The maximum Gasteiger partial charge on any atom is 0.223 e. The largest absolute Gasteiger partial charge is 0.341 e. The Morgan fingerprint density at radius 2 is 2.38 bits per heavy atom. The number of hydrogen-bond donors (Lipinski definition) is 2. The highest BCUT2D eigenvalue weighted by Gasteiger charge is 2.25. The van der Waals surface area contributed by atoms with Crippen molar-refractivity contribution in [1.29, 1.82) is 0 Å². The fraction of sp³-hybridized carbons (Fsp3) is 0.533. The third-order valence-corrected chi connectivity index (χ3v) is 4.10. The van der Waals surface area contributed by atoms with Gasteiger partial charge in [0.25, 0.3) is 0 Å². The molecule has 0 bridgehead atoms. The first-order valence-electron chi connectivity index (χ1n) is 7.57. The van der Waals surface area contributed by atoms with Gasteiger partial charge in [-0.1, -0.05) is 0 Å². The Morgan fingerprint density at radius 1 is 1.48 bits per heavy atom. The number of aryl methyl sites for hydroxylation is 1. The first-order valence-corrected chi connectivity index (χ1v) is 7.57. The van der Waals surface area contributed by atoms with E-state index in [2.05, 4.69) is 15.0 Å². The molecule has 3 rings (SSSR count). The molecule has 3 N–H and O–H groups in total. The summed E-state index contributed by atoms with van der Waals surface area (Å²) in [6.07, 6.45) is 6.07. The lowest BCUT2D eigenvalue weighted by atomic mass is 10.0. The van der Waals surface area contributed by atoms with E-state index in [1.807, 2.05) is 17.0 Å². The summed E-state index contributed by atoms with van der Waals surface area (Å²) in [5, 5.41) is 0. The summed E-state index contributed by atoms with van der Waals surface area (Å²) in [6.45, 7) is 1.39. The van der Waals surface area contributed by atoms with Gasteiger partial charge in [-0.3, -0.25) is 4.79 Å². The minimum atomic E-state index is 0.179. The number of H-pyrrole nitrogens is 1. The van der Waals surface area contributed by atoms with Gasteiger partial charge in [-0.2, -0.15) is 0 Å². The van der Waals surface area contributed by atoms with E-state index in [4.69, 9.17) is 5.73 Å². The average molecular weight is 287 g/mol. The number of carbonyl (C=O) groups is 1. The summed E-state index contributed by atoms with van der Waals surface area (Å²) < 4.78 is 0. The van der Waals surface area contributed by atoms with Crippen molar-refractivity contribution in [3.63, 3.8) is 0 Å². The van der Waals surface area contributed by atoms with Crippen molar-refractivity contribution in [2.24, 2.45) is 5.73 Å². The molecule has 0 radical (unpaired) electrons. The number of piperidine rings is 1. The van der Waals surface area contributed by atoms with Crippen LogP contribution >= 0.6 is 0 Å². The van der Waals surface area contributed by atoms with Crippen molar-refractivity contribution in [2.75, 3.05) is 13.1 Å². The van der Waals surface area contributed by atoms with Gasteiger partial charge in [-0.25, -0.2) is 9.97 Å². The lowest BCUT2D eigenvalue weighted by Gasteiger charge is -2.35. The third-order valence-electron chi connectivity index (χ3n) is 4.10. The quantitative estimate of drug-likeness (QED) is 0.885. The number of nitrogens with zero attached hydrogens (tertiary/aromatic N) is 3. The Labute approximate surface area is 123 Å².